The van der Waals surface area contributed by atoms with Gasteiger partial charge in [0.15, 0.2) is 0 Å². The summed E-state index contributed by atoms with van der Waals surface area (Å²) in [5, 5.41) is 15.1. The first kappa shape index (κ1) is 11.5. The van der Waals surface area contributed by atoms with Crippen molar-refractivity contribution in [3.63, 3.8) is 0 Å². The van der Waals surface area contributed by atoms with Gasteiger partial charge in [-0.3, -0.25) is 10.1 Å². The first-order chi connectivity index (χ1) is 7.74. The third-order valence-electron chi connectivity index (χ3n) is 2.68. The molecule has 0 aromatic carbocycles. The average molecular weight is 240 g/mol. The van der Waals surface area contributed by atoms with E-state index in [2.05, 4.69) is 20.8 Å². The van der Waals surface area contributed by atoms with Crippen molar-refractivity contribution in [1.82, 2.24) is 15.5 Å². The zero-order valence-corrected chi connectivity index (χ0v) is 10.1. The molecule has 0 radical (unpaired) electrons. The Kier molecular flexibility index (Phi) is 3.84. The number of hydrogen-bond donors (Lipinski definition) is 2. The van der Waals surface area contributed by atoms with Crippen LogP contribution in [0.25, 0.3) is 0 Å². The van der Waals surface area contributed by atoms with E-state index in [0.29, 0.717) is 17.7 Å². The molecule has 16 heavy (non-hydrogen) atoms. The van der Waals surface area contributed by atoms with Gasteiger partial charge in [0.25, 0.3) is 0 Å². The lowest BCUT2D eigenvalue weighted by molar-refractivity contribution is -0.115. The normalized spacial score (nSPS) is 16.6. The maximum absolute atomic E-state index is 11.5. The molecule has 0 bridgehead atoms. The average Bonchev–Trinajstić information content (AvgIpc) is 2.87. The van der Waals surface area contributed by atoms with Crippen LogP contribution >= 0.6 is 11.3 Å². The lowest BCUT2D eigenvalue weighted by Crippen LogP contribution is -2.34. The second-order valence-corrected chi connectivity index (χ2v) is 5.22. The minimum absolute atomic E-state index is 0.0388. The highest BCUT2D eigenvalue weighted by molar-refractivity contribution is 7.15. The highest BCUT2D eigenvalue weighted by atomic mass is 32.1. The van der Waals surface area contributed by atoms with Crippen molar-refractivity contribution in [3.05, 3.63) is 5.01 Å². The van der Waals surface area contributed by atoms with Crippen LogP contribution in [0.1, 0.15) is 30.7 Å². The minimum atomic E-state index is -0.0388. The van der Waals surface area contributed by atoms with Gasteiger partial charge in [-0.05, 0) is 19.8 Å². The molecule has 1 aliphatic carbocycles. The van der Waals surface area contributed by atoms with Crippen molar-refractivity contribution in [1.29, 1.82) is 0 Å². The molecule has 6 heteroatoms. The Morgan fingerprint density at radius 3 is 2.81 bits per heavy atom. The van der Waals surface area contributed by atoms with Crippen LogP contribution in [0.2, 0.25) is 0 Å². The Morgan fingerprint density at radius 2 is 2.19 bits per heavy atom. The number of amides is 1. The van der Waals surface area contributed by atoms with E-state index in [-0.39, 0.29) is 5.91 Å². The molecule has 88 valence electrons. The lowest BCUT2D eigenvalue weighted by atomic mass is 10.2. The second kappa shape index (κ2) is 5.36. The summed E-state index contributed by atoms with van der Waals surface area (Å²) in [6, 6.07) is 0.516. The Hall–Kier alpha value is -1.01. The van der Waals surface area contributed by atoms with Crippen LogP contribution < -0.4 is 10.6 Å². The molecule has 1 aromatic heterocycles. The number of nitrogens with one attached hydrogen (secondary N) is 2. The minimum Gasteiger partial charge on any atom is -0.306 e. The van der Waals surface area contributed by atoms with E-state index in [9.17, 15) is 4.79 Å². The van der Waals surface area contributed by atoms with Gasteiger partial charge in [-0.2, -0.15) is 0 Å². The number of carbonyl (C=O) groups excluding carboxylic acids is 1. The fraction of sp³-hybridized carbons (Fsp3) is 0.700. The van der Waals surface area contributed by atoms with Gasteiger partial charge in [-0.25, -0.2) is 0 Å². The smallest absolute Gasteiger partial charge is 0.240 e. The van der Waals surface area contributed by atoms with E-state index in [1.807, 2.05) is 6.92 Å². The van der Waals surface area contributed by atoms with E-state index in [1.54, 1.807) is 0 Å². The molecule has 2 N–H and O–H groups in total. The second-order valence-electron chi connectivity index (χ2n) is 4.04. The fourth-order valence-corrected chi connectivity index (χ4v) is 2.49. The predicted octanol–water partition coefficient (Wildman–Crippen LogP) is 1.32. The monoisotopic (exact) mass is 240 g/mol. The Balaban J connectivity index is 1.71. The number of nitrogens with zero attached hydrogens (tertiary/aromatic N) is 2. The van der Waals surface area contributed by atoms with E-state index in [4.69, 9.17) is 0 Å². The van der Waals surface area contributed by atoms with Gasteiger partial charge in [0, 0.05) is 6.04 Å². The standard InChI is InChI=1S/C10H16N4OS/c1-7-13-14-10(16-7)12-9(15)6-11-8-4-2-3-5-8/h8,11H,2-6H2,1H3,(H,12,14,15). The molecular formula is C10H16N4OS. The molecule has 1 fully saturated rings. The largest absolute Gasteiger partial charge is 0.306 e. The number of rotatable bonds is 4. The highest BCUT2D eigenvalue weighted by Crippen LogP contribution is 2.17. The van der Waals surface area contributed by atoms with Crippen molar-refractivity contribution < 1.29 is 4.79 Å². The summed E-state index contributed by atoms with van der Waals surface area (Å²) in [6.07, 6.45) is 4.92. The van der Waals surface area contributed by atoms with Gasteiger partial charge >= 0.3 is 0 Å². The van der Waals surface area contributed by atoms with E-state index >= 15 is 0 Å². The fourth-order valence-electron chi connectivity index (χ4n) is 1.88. The van der Waals surface area contributed by atoms with Crippen LogP contribution in [-0.2, 0) is 4.79 Å². The molecule has 1 heterocycles. The third kappa shape index (κ3) is 3.24. The van der Waals surface area contributed by atoms with Crippen molar-refractivity contribution in [3.8, 4) is 0 Å². The Bertz CT molecular complexity index is 359. The van der Waals surface area contributed by atoms with Crippen molar-refractivity contribution in [2.24, 2.45) is 0 Å². The zero-order valence-electron chi connectivity index (χ0n) is 9.32. The summed E-state index contributed by atoms with van der Waals surface area (Å²) < 4.78 is 0. The van der Waals surface area contributed by atoms with Gasteiger partial charge in [0.1, 0.15) is 5.01 Å². The molecule has 5 nitrogen and oxygen atoms in total. The van der Waals surface area contributed by atoms with Crippen LogP contribution in [0.3, 0.4) is 0 Å². The molecule has 0 aliphatic heterocycles. The van der Waals surface area contributed by atoms with Crippen LogP contribution in [0.4, 0.5) is 5.13 Å². The van der Waals surface area contributed by atoms with E-state index < -0.39 is 0 Å². The molecular weight excluding hydrogens is 224 g/mol. The van der Waals surface area contributed by atoms with Crippen molar-refractivity contribution >= 4 is 22.4 Å². The Morgan fingerprint density at radius 1 is 1.44 bits per heavy atom. The molecule has 1 amide bonds. The quantitative estimate of drug-likeness (QED) is 0.833. The van der Waals surface area contributed by atoms with E-state index in [0.717, 1.165) is 5.01 Å². The summed E-state index contributed by atoms with van der Waals surface area (Å²) in [4.78, 5) is 11.5. The lowest BCUT2D eigenvalue weighted by Gasteiger charge is -2.10. The van der Waals surface area contributed by atoms with Crippen LogP contribution in [-0.4, -0.2) is 28.7 Å². The summed E-state index contributed by atoms with van der Waals surface area (Å²) in [5.74, 6) is -0.0388. The molecule has 1 aromatic rings. The number of hydrogen-bond acceptors (Lipinski definition) is 5. The van der Waals surface area contributed by atoms with Gasteiger partial charge in [0.05, 0.1) is 6.54 Å². The molecule has 0 unspecified atom stereocenters. The molecule has 0 atom stereocenters. The molecule has 2 rings (SSSR count). The van der Waals surface area contributed by atoms with Crippen molar-refractivity contribution in [2.45, 2.75) is 38.6 Å². The SMILES string of the molecule is Cc1nnc(NC(=O)CNC2CCCC2)s1. The summed E-state index contributed by atoms with van der Waals surface area (Å²) in [5.41, 5.74) is 0. The number of aryl methyl sites for hydroxylation is 1. The topological polar surface area (TPSA) is 66.9 Å². The van der Waals surface area contributed by atoms with Crippen LogP contribution in [0, 0.1) is 6.92 Å². The molecule has 1 saturated carbocycles. The summed E-state index contributed by atoms with van der Waals surface area (Å²) in [6.45, 7) is 2.23. The number of aromatic nitrogens is 2. The van der Waals surface area contributed by atoms with Gasteiger partial charge < -0.3 is 5.32 Å². The van der Waals surface area contributed by atoms with Gasteiger partial charge in [-0.1, -0.05) is 24.2 Å². The first-order valence-electron chi connectivity index (χ1n) is 5.57. The molecule has 0 spiro atoms. The first-order valence-corrected chi connectivity index (χ1v) is 6.39. The third-order valence-corrected chi connectivity index (χ3v) is 3.43. The molecule has 0 saturated heterocycles. The van der Waals surface area contributed by atoms with Gasteiger partial charge in [-0.15, -0.1) is 10.2 Å². The predicted molar refractivity (Wildman–Crippen MR) is 63.5 cm³/mol. The maximum Gasteiger partial charge on any atom is 0.240 e. The molecule has 1 aliphatic rings. The number of anilines is 1. The van der Waals surface area contributed by atoms with Crippen LogP contribution in [0.5, 0.6) is 0 Å². The number of carbonyl (C=O) groups is 1. The summed E-state index contributed by atoms with van der Waals surface area (Å²) >= 11 is 1.39. The Labute approximate surface area is 98.7 Å². The highest BCUT2D eigenvalue weighted by Gasteiger charge is 2.15. The maximum atomic E-state index is 11.5. The van der Waals surface area contributed by atoms with Crippen LogP contribution in [0.15, 0.2) is 0 Å². The summed E-state index contributed by atoms with van der Waals surface area (Å²) in [7, 11) is 0. The zero-order chi connectivity index (χ0) is 11.4. The van der Waals surface area contributed by atoms with E-state index in [1.165, 1.54) is 37.0 Å². The van der Waals surface area contributed by atoms with Gasteiger partial charge in [0.2, 0.25) is 11.0 Å². The van der Waals surface area contributed by atoms with Crippen molar-refractivity contribution in [2.75, 3.05) is 11.9 Å².